The van der Waals surface area contributed by atoms with Crippen LogP contribution in [0, 0.1) is 17.0 Å². The average Bonchev–Trinajstić information content (AvgIpc) is 2.89. The summed E-state index contributed by atoms with van der Waals surface area (Å²) in [7, 11) is 0. The molecular weight excluding hydrogens is 308 g/mol. The standard InChI is InChI=1S/C13H11ClN6O2/c1-8-4-9(2-3-11(8)20(21)22)7-19-12-10(6-16-19)5-15-13(17-12)18-14/h2-6H,7H2,1H3,(H,15,17,18). The van der Waals surface area contributed by atoms with E-state index in [9.17, 15) is 10.1 Å². The Morgan fingerprint density at radius 2 is 2.23 bits per heavy atom. The van der Waals surface area contributed by atoms with Crippen molar-refractivity contribution >= 4 is 34.4 Å². The Bertz CT molecular complexity index is 863. The number of fused-ring (bicyclic) bond motifs is 1. The molecule has 0 radical (unpaired) electrons. The number of rotatable bonds is 4. The number of hydrogen-bond acceptors (Lipinski definition) is 6. The van der Waals surface area contributed by atoms with Crippen LogP contribution in [0.2, 0.25) is 0 Å². The number of nitro groups is 1. The molecule has 0 atom stereocenters. The van der Waals surface area contributed by atoms with Crippen LogP contribution in [0.5, 0.6) is 0 Å². The Morgan fingerprint density at radius 3 is 2.91 bits per heavy atom. The Labute approximate surface area is 130 Å². The van der Waals surface area contributed by atoms with Crippen LogP contribution in [-0.4, -0.2) is 24.7 Å². The molecule has 3 aromatic rings. The van der Waals surface area contributed by atoms with Crippen molar-refractivity contribution in [2.75, 3.05) is 4.84 Å². The molecule has 0 amide bonds. The summed E-state index contributed by atoms with van der Waals surface area (Å²) in [5, 5.41) is 15.9. The molecule has 0 aliphatic rings. The van der Waals surface area contributed by atoms with E-state index in [2.05, 4.69) is 19.9 Å². The van der Waals surface area contributed by atoms with Crippen molar-refractivity contribution in [2.45, 2.75) is 13.5 Å². The van der Waals surface area contributed by atoms with Crippen LogP contribution in [0.1, 0.15) is 11.1 Å². The summed E-state index contributed by atoms with van der Waals surface area (Å²) in [6.45, 7) is 2.15. The minimum Gasteiger partial charge on any atom is -0.266 e. The lowest BCUT2D eigenvalue weighted by molar-refractivity contribution is -0.385. The summed E-state index contributed by atoms with van der Waals surface area (Å²) in [5.74, 6) is 0.288. The number of nitro benzene ring substituents is 1. The van der Waals surface area contributed by atoms with Gasteiger partial charge < -0.3 is 0 Å². The second-order valence-electron chi connectivity index (χ2n) is 4.75. The lowest BCUT2D eigenvalue weighted by Crippen LogP contribution is -2.04. The predicted octanol–water partition coefficient (Wildman–Crippen LogP) is 2.66. The first-order valence-corrected chi connectivity index (χ1v) is 6.75. The third-order valence-corrected chi connectivity index (χ3v) is 3.42. The Morgan fingerprint density at radius 1 is 1.41 bits per heavy atom. The van der Waals surface area contributed by atoms with E-state index in [0.29, 0.717) is 17.8 Å². The highest BCUT2D eigenvalue weighted by molar-refractivity contribution is 6.23. The fourth-order valence-electron chi connectivity index (χ4n) is 2.22. The van der Waals surface area contributed by atoms with E-state index in [4.69, 9.17) is 11.8 Å². The zero-order chi connectivity index (χ0) is 15.7. The predicted molar refractivity (Wildman–Crippen MR) is 81.7 cm³/mol. The van der Waals surface area contributed by atoms with E-state index < -0.39 is 4.92 Å². The Balaban J connectivity index is 1.96. The van der Waals surface area contributed by atoms with Crippen LogP contribution in [-0.2, 0) is 6.54 Å². The second kappa shape index (κ2) is 5.57. The van der Waals surface area contributed by atoms with Crippen molar-refractivity contribution in [1.82, 2.24) is 19.7 Å². The summed E-state index contributed by atoms with van der Waals surface area (Å²) in [4.78, 5) is 21.1. The fourth-order valence-corrected chi connectivity index (χ4v) is 2.31. The lowest BCUT2D eigenvalue weighted by Gasteiger charge is -2.05. The number of nitrogens with zero attached hydrogens (tertiary/aromatic N) is 5. The minimum atomic E-state index is -0.395. The highest BCUT2D eigenvalue weighted by atomic mass is 35.5. The summed E-state index contributed by atoms with van der Waals surface area (Å²) in [6, 6.07) is 4.98. The van der Waals surface area contributed by atoms with Crippen molar-refractivity contribution in [1.29, 1.82) is 0 Å². The molecular formula is C13H11ClN6O2. The van der Waals surface area contributed by atoms with Gasteiger partial charge in [0.2, 0.25) is 5.95 Å². The number of aromatic nitrogens is 4. The van der Waals surface area contributed by atoms with Crippen LogP contribution >= 0.6 is 11.8 Å². The summed E-state index contributed by atoms with van der Waals surface area (Å²) in [6.07, 6.45) is 3.28. The smallest absolute Gasteiger partial charge is 0.266 e. The molecule has 2 aromatic heterocycles. The number of nitrogens with one attached hydrogen (secondary N) is 1. The van der Waals surface area contributed by atoms with E-state index in [0.717, 1.165) is 10.9 Å². The molecule has 0 fully saturated rings. The van der Waals surface area contributed by atoms with E-state index in [-0.39, 0.29) is 11.6 Å². The maximum atomic E-state index is 10.8. The molecule has 0 saturated carbocycles. The molecule has 0 aliphatic carbocycles. The highest BCUT2D eigenvalue weighted by Crippen LogP contribution is 2.20. The summed E-state index contributed by atoms with van der Waals surface area (Å²) >= 11 is 5.51. The molecule has 1 aromatic carbocycles. The van der Waals surface area contributed by atoms with Gasteiger partial charge in [-0.1, -0.05) is 6.07 Å². The first kappa shape index (κ1) is 14.2. The van der Waals surface area contributed by atoms with Gasteiger partial charge in [0.05, 0.1) is 23.1 Å². The van der Waals surface area contributed by atoms with Gasteiger partial charge in [0.25, 0.3) is 5.69 Å². The van der Waals surface area contributed by atoms with E-state index in [1.165, 1.54) is 6.07 Å². The summed E-state index contributed by atoms with van der Waals surface area (Å²) < 4.78 is 1.69. The maximum absolute atomic E-state index is 10.8. The molecule has 112 valence electrons. The first-order chi connectivity index (χ1) is 10.6. The third-order valence-electron chi connectivity index (χ3n) is 3.25. The normalized spacial score (nSPS) is 10.8. The zero-order valence-electron chi connectivity index (χ0n) is 11.5. The molecule has 2 heterocycles. The van der Waals surface area contributed by atoms with Crippen molar-refractivity contribution in [3.8, 4) is 0 Å². The second-order valence-corrected chi connectivity index (χ2v) is 4.94. The Kier molecular flexibility index (Phi) is 3.60. The van der Waals surface area contributed by atoms with Crippen LogP contribution in [0.3, 0.4) is 0 Å². The molecule has 1 N–H and O–H groups in total. The topological polar surface area (TPSA) is 98.8 Å². The van der Waals surface area contributed by atoms with Crippen molar-refractivity contribution in [3.63, 3.8) is 0 Å². The van der Waals surface area contributed by atoms with E-state index >= 15 is 0 Å². The minimum absolute atomic E-state index is 0.102. The summed E-state index contributed by atoms with van der Waals surface area (Å²) in [5.41, 5.74) is 2.24. The molecule has 0 spiro atoms. The van der Waals surface area contributed by atoms with Gasteiger partial charge in [-0.2, -0.15) is 10.1 Å². The highest BCUT2D eigenvalue weighted by Gasteiger charge is 2.12. The molecule has 9 heteroatoms. The van der Waals surface area contributed by atoms with Crippen LogP contribution in [0.15, 0.2) is 30.6 Å². The van der Waals surface area contributed by atoms with Crippen molar-refractivity contribution < 1.29 is 4.92 Å². The van der Waals surface area contributed by atoms with Gasteiger partial charge in [0.1, 0.15) is 0 Å². The first-order valence-electron chi connectivity index (χ1n) is 6.37. The zero-order valence-corrected chi connectivity index (χ0v) is 12.3. The van der Waals surface area contributed by atoms with E-state index in [1.54, 1.807) is 36.1 Å². The molecule has 0 unspecified atom stereocenters. The molecule has 8 nitrogen and oxygen atoms in total. The monoisotopic (exact) mass is 318 g/mol. The third kappa shape index (κ3) is 2.56. The van der Waals surface area contributed by atoms with Crippen molar-refractivity contribution in [3.05, 3.63) is 51.8 Å². The Hall–Kier alpha value is -2.74. The largest absolute Gasteiger partial charge is 0.272 e. The molecule has 0 aliphatic heterocycles. The van der Waals surface area contributed by atoms with Crippen LogP contribution in [0.4, 0.5) is 11.6 Å². The van der Waals surface area contributed by atoms with Crippen molar-refractivity contribution in [2.24, 2.45) is 0 Å². The van der Waals surface area contributed by atoms with Gasteiger partial charge in [-0.3, -0.25) is 15.0 Å². The number of aryl methyl sites for hydroxylation is 1. The van der Waals surface area contributed by atoms with Gasteiger partial charge >= 0.3 is 0 Å². The number of benzene rings is 1. The van der Waals surface area contributed by atoms with Gasteiger partial charge in [-0.05, 0) is 18.6 Å². The van der Waals surface area contributed by atoms with Gasteiger partial charge in [0, 0.05) is 29.6 Å². The quantitative estimate of drug-likeness (QED) is 0.451. The van der Waals surface area contributed by atoms with Gasteiger partial charge in [-0.15, -0.1) is 0 Å². The number of hydrogen-bond donors (Lipinski definition) is 1. The lowest BCUT2D eigenvalue weighted by atomic mass is 10.1. The number of halogens is 1. The fraction of sp³-hybridized carbons (Fsp3) is 0.154. The number of anilines is 1. The molecule has 3 rings (SSSR count). The molecule has 0 bridgehead atoms. The van der Waals surface area contributed by atoms with Crippen LogP contribution < -0.4 is 4.84 Å². The molecule has 0 saturated heterocycles. The van der Waals surface area contributed by atoms with Gasteiger partial charge in [-0.25, -0.2) is 9.67 Å². The van der Waals surface area contributed by atoms with E-state index in [1.807, 2.05) is 0 Å². The van der Waals surface area contributed by atoms with Gasteiger partial charge in [0.15, 0.2) is 5.65 Å². The average molecular weight is 319 g/mol. The SMILES string of the molecule is Cc1cc(Cn2ncc3cnc(NCl)nc32)ccc1[N+](=O)[O-]. The maximum Gasteiger partial charge on any atom is 0.272 e. The van der Waals surface area contributed by atoms with Crippen LogP contribution in [0.25, 0.3) is 11.0 Å². The molecule has 22 heavy (non-hydrogen) atoms.